The van der Waals surface area contributed by atoms with Crippen LogP contribution < -0.4 is 10.2 Å². The molecule has 146 valence electrons. The lowest BCUT2D eigenvalue weighted by Gasteiger charge is -2.30. The van der Waals surface area contributed by atoms with Crippen LogP contribution in [0, 0.1) is 11.8 Å². The van der Waals surface area contributed by atoms with Gasteiger partial charge in [-0.3, -0.25) is 9.59 Å². The summed E-state index contributed by atoms with van der Waals surface area (Å²) in [5.74, 6) is 0.645. The number of nitrogens with one attached hydrogen (secondary N) is 1. The van der Waals surface area contributed by atoms with Crippen molar-refractivity contribution < 1.29 is 9.59 Å². The molecule has 2 amide bonds. The van der Waals surface area contributed by atoms with E-state index in [2.05, 4.69) is 35.3 Å². The fourth-order valence-corrected chi connectivity index (χ4v) is 3.83. The van der Waals surface area contributed by atoms with Crippen molar-refractivity contribution in [2.75, 3.05) is 30.9 Å². The molecule has 1 aliphatic carbocycles. The van der Waals surface area contributed by atoms with E-state index in [9.17, 15) is 9.59 Å². The second kappa shape index (κ2) is 7.30. The normalized spacial score (nSPS) is 20.3. The number of fused-ring (bicyclic) bond motifs is 1. The third-order valence-electron chi connectivity index (χ3n) is 5.83. The molecule has 2 atom stereocenters. The Hall–Kier alpha value is -2.82. The number of nitrogens with zero attached hydrogens (tertiary/aromatic N) is 2. The van der Waals surface area contributed by atoms with Crippen LogP contribution in [0.2, 0.25) is 0 Å². The van der Waals surface area contributed by atoms with Gasteiger partial charge in [0, 0.05) is 50.0 Å². The van der Waals surface area contributed by atoms with E-state index in [1.54, 1.807) is 6.07 Å². The second-order valence-electron chi connectivity index (χ2n) is 8.21. The molecule has 1 heterocycles. The van der Waals surface area contributed by atoms with Crippen molar-refractivity contribution in [3.05, 3.63) is 59.2 Å². The first-order chi connectivity index (χ1) is 13.4. The highest BCUT2D eigenvalue weighted by molar-refractivity contribution is 5.98. The molecule has 1 fully saturated rings. The molecule has 0 bridgehead atoms. The van der Waals surface area contributed by atoms with Gasteiger partial charge in [0.15, 0.2) is 0 Å². The van der Waals surface area contributed by atoms with Crippen LogP contribution in [0.3, 0.4) is 0 Å². The highest BCUT2D eigenvalue weighted by Gasteiger charge is 2.39. The first-order valence-corrected chi connectivity index (χ1v) is 9.91. The number of benzene rings is 2. The zero-order chi connectivity index (χ0) is 19.8. The van der Waals surface area contributed by atoms with Crippen molar-refractivity contribution in [1.29, 1.82) is 0 Å². The van der Waals surface area contributed by atoms with Crippen molar-refractivity contribution in [2.45, 2.75) is 26.3 Å². The van der Waals surface area contributed by atoms with Crippen LogP contribution in [-0.2, 0) is 17.8 Å². The van der Waals surface area contributed by atoms with Gasteiger partial charge < -0.3 is 15.1 Å². The van der Waals surface area contributed by atoms with Crippen LogP contribution in [0.15, 0.2) is 42.5 Å². The summed E-state index contributed by atoms with van der Waals surface area (Å²) < 4.78 is 0. The predicted molar refractivity (Wildman–Crippen MR) is 112 cm³/mol. The standard InChI is InChI=1S/C23H27N3O2/c1-15-11-21(15)22(27)24-19-6-4-5-17(12-19)23(28)26-10-9-16-7-8-20(25(2)3)13-18(16)14-26/h4-8,12-13,15,21H,9-11,14H2,1-3H3,(H,24,27)/t15-,21+/m1/s1. The molecule has 2 aliphatic rings. The topological polar surface area (TPSA) is 52.7 Å². The van der Waals surface area contributed by atoms with Crippen LogP contribution >= 0.6 is 0 Å². The lowest BCUT2D eigenvalue weighted by Crippen LogP contribution is -2.36. The Morgan fingerprint density at radius 3 is 2.61 bits per heavy atom. The molecule has 0 aromatic heterocycles. The number of amides is 2. The van der Waals surface area contributed by atoms with Gasteiger partial charge in [0.05, 0.1) is 0 Å². The van der Waals surface area contributed by atoms with E-state index in [1.807, 2.05) is 37.2 Å². The number of hydrogen-bond acceptors (Lipinski definition) is 3. The average Bonchev–Trinajstić information content (AvgIpc) is 3.43. The highest BCUT2D eigenvalue weighted by Crippen LogP contribution is 2.38. The third kappa shape index (κ3) is 3.75. The second-order valence-corrected chi connectivity index (χ2v) is 8.21. The van der Waals surface area contributed by atoms with Crippen molar-refractivity contribution >= 4 is 23.2 Å². The summed E-state index contributed by atoms with van der Waals surface area (Å²) >= 11 is 0. The smallest absolute Gasteiger partial charge is 0.254 e. The minimum absolute atomic E-state index is 0.0109. The van der Waals surface area contributed by atoms with Crippen molar-refractivity contribution in [2.24, 2.45) is 11.8 Å². The Morgan fingerprint density at radius 1 is 1.11 bits per heavy atom. The molecule has 2 aromatic carbocycles. The average molecular weight is 377 g/mol. The minimum atomic E-state index is 0.0109. The van der Waals surface area contributed by atoms with E-state index in [-0.39, 0.29) is 17.7 Å². The zero-order valence-electron chi connectivity index (χ0n) is 16.7. The molecular weight excluding hydrogens is 350 g/mol. The lowest BCUT2D eigenvalue weighted by molar-refractivity contribution is -0.117. The molecule has 4 rings (SSSR count). The molecule has 0 radical (unpaired) electrons. The van der Waals surface area contributed by atoms with E-state index in [1.165, 1.54) is 11.1 Å². The fourth-order valence-electron chi connectivity index (χ4n) is 3.83. The van der Waals surface area contributed by atoms with Gasteiger partial charge in [0.1, 0.15) is 0 Å². The van der Waals surface area contributed by atoms with Gasteiger partial charge >= 0.3 is 0 Å². The van der Waals surface area contributed by atoms with Gasteiger partial charge in [-0.1, -0.05) is 19.1 Å². The molecule has 5 nitrogen and oxygen atoms in total. The summed E-state index contributed by atoms with van der Waals surface area (Å²) in [6.45, 7) is 3.41. The monoisotopic (exact) mass is 377 g/mol. The molecule has 1 saturated carbocycles. The van der Waals surface area contributed by atoms with Crippen molar-refractivity contribution in [3.8, 4) is 0 Å². The van der Waals surface area contributed by atoms with E-state index in [0.29, 0.717) is 30.3 Å². The molecular formula is C23H27N3O2. The maximum Gasteiger partial charge on any atom is 0.254 e. The third-order valence-corrected chi connectivity index (χ3v) is 5.83. The van der Waals surface area contributed by atoms with Gasteiger partial charge in [-0.2, -0.15) is 0 Å². The van der Waals surface area contributed by atoms with Crippen LogP contribution in [0.25, 0.3) is 0 Å². The van der Waals surface area contributed by atoms with Crippen LogP contribution in [0.4, 0.5) is 11.4 Å². The fraction of sp³-hybridized carbons (Fsp3) is 0.391. The molecule has 28 heavy (non-hydrogen) atoms. The van der Waals surface area contributed by atoms with Gasteiger partial charge in [-0.25, -0.2) is 0 Å². The summed E-state index contributed by atoms with van der Waals surface area (Å²) in [6, 6.07) is 13.8. The molecule has 0 unspecified atom stereocenters. The van der Waals surface area contributed by atoms with E-state index < -0.39 is 0 Å². The summed E-state index contributed by atoms with van der Waals surface area (Å²) in [4.78, 5) is 29.2. The zero-order valence-corrected chi connectivity index (χ0v) is 16.7. The highest BCUT2D eigenvalue weighted by atomic mass is 16.2. The Balaban J connectivity index is 1.48. The van der Waals surface area contributed by atoms with Crippen LogP contribution in [0.5, 0.6) is 0 Å². The predicted octanol–water partition coefficient (Wildman–Crippen LogP) is 3.55. The Kier molecular flexibility index (Phi) is 4.84. The minimum Gasteiger partial charge on any atom is -0.378 e. The van der Waals surface area contributed by atoms with Crippen LogP contribution in [0.1, 0.15) is 34.8 Å². The molecule has 5 heteroatoms. The summed E-state index contributed by atoms with van der Waals surface area (Å²) in [6.07, 6.45) is 1.82. The summed E-state index contributed by atoms with van der Waals surface area (Å²) in [5, 5.41) is 2.95. The molecule has 1 N–H and O–H groups in total. The van der Waals surface area contributed by atoms with Gasteiger partial charge in [0.2, 0.25) is 5.91 Å². The SMILES string of the molecule is C[C@@H]1C[C@@H]1C(=O)Nc1cccc(C(=O)N2CCc3ccc(N(C)C)cc3C2)c1. The largest absolute Gasteiger partial charge is 0.378 e. The van der Waals surface area contributed by atoms with Gasteiger partial charge in [0.25, 0.3) is 5.91 Å². The number of rotatable bonds is 4. The maximum absolute atomic E-state index is 13.1. The first kappa shape index (κ1) is 18.5. The lowest BCUT2D eigenvalue weighted by atomic mass is 9.98. The Morgan fingerprint density at radius 2 is 1.89 bits per heavy atom. The van der Waals surface area contributed by atoms with E-state index in [4.69, 9.17) is 0 Å². The number of carbonyl (C=O) groups is 2. The Labute approximate surface area is 166 Å². The molecule has 2 aromatic rings. The molecule has 0 saturated heterocycles. The van der Waals surface area contributed by atoms with Gasteiger partial charge in [-0.15, -0.1) is 0 Å². The summed E-state index contributed by atoms with van der Waals surface area (Å²) in [7, 11) is 4.05. The van der Waals surface area contributed by atoms with Crippen molar-refractivity contribution in [3.63, 3.8) is 0 Å². The maximum atomic E-state index is 13.1. The number of anilines is 2. The molecule has 0 spiro atoms. The summed E-state index contributed by atoms with van der Waals surface area (Å²) in [5.41, 5.74) is 4.98. The van der Waals surface area contributed by atoms with Crippen LogP contribution in [-0.4, -0.2) is 37.4 Å². The first-order valence-electron chi connectivity index (χ1n) is 9.91. The quantitative estimate of drug-likeness (QED) is 0.887. The van der Waals surface area contributed by atoms with E-state index in [0.717, 1.165) is 18.5 Å². The van der Waals surface area contributed by atoms with Gasteiger partial charge in [-0.05, 0) is 60.2 Å². The Bertz CT molecular complexity index is 922. The number of hydrogen-bond donors (Lipinski definition) is 1. The number of carbonyl (C=O) groups excluding carboxylic acids is 2. The van der Waals surface area contributed by atoms with E-state index >= 15 is 0 Å². The van der Waals surface area contributed by atoms with Crippen molar-refractivity contribution in [1.82, 2.24) is 4.90 Å². The molecule has 1 aliphatic heterocycles.